The first-order valence-electron chi connectivity index (χ1n) is 7.14. The van der Waals surface area contributed by atoms with Crippen molar-refractivity contribution in [2.45, 2.75) is 4.90 Å². The zero-order valence-electron chi connectivity index (χ0n) is 13.5. The largest absolute Gasteiger partial charge is 0.375 e. The van der Waals surface area contributed by atoms with Gasteiger partial charge in [0.15, 0.2) is 0 Å². The van der Waals surface area contributed by atoms with Crippen LogP contribution in [0.3, 0.4) is 0 Å². The summed E-state index contributed by atoms with van der Waals surface area (Å²) in [7, 11) is -2.75. The van der Waals surface area contributed by atoms with E-state index in [1.807, 2.05) is 4.72 Å². The number of rotatable bonds is 6. The average molecular weight is 417 g/mol. The van der Waals surface area contributed by atoms with Gasteiger partial charge in [-0.2, -0.15) is 0 Å². The van der Waals surface area contributed by atoms with Gasteiger partial charge in [0.1, 0.15) is 6.61 Å². The molecule has 2 rings (SSSR count). The SMILES string of the molecule is COCC(=O)Nc1ccc(S(=O)(=O)NC(=O)c2cccc(Cl)c2Cl)cc1. The van der Waals surface area contributed by atoms with Crippen molar-refractivity contribution in [1.82, 2.24) is 4.72 Å². The molecule has 0 aliphatic heterocycles. The van der Waals surface area contributed by atoms with E-state index in [1.54, 1.807) is 0 Å². The number of halogens is 2. The monoisotopic (exact) mass is 416 g/mol. The van der Waals surface area contributed by atoms with Gasteiger partial charge in [-0.25, -0.2) is 13.1 Å². The van der Waals surface area contributed by atoms with Crippen LogP contribution in [0.4, 0.5) is 5.69 Å². The lowest BCUT2D eigenvalue weighted by Crippen LogP contribution is -2.30. The fraction of sp³-hybridized carbons (Fsp3) is 0.125. The van der Waals surface area contributed by atoms with Gasteiger partial charge in [0.25, 0.3) is 15.9 Å². The van der Waals surface area contributed by atoms with E-state index >= 15 is 0 Å². The van der Waals surface area contributed by atoms with E-state index < -0.39 is 15.9 Å². The molecule has 7 nitrogen and oxygen atoms in total. The van der Waals surface area contributed by atoms with Crippen LogP contribution in [0.25, 0.3) is 0 Å². The molecule has 0 radical (unpaired) electrons. The molecule has 0 atom stereocenters. The third-order valence-corrected chi connectivity index (χ3v) is 5.31. The van der Waals surface area contributed by atoms with Crippen LogP contribution in [-0.4, -0.2) is 33.9 Å². The Labute approximate surface area is 160 Å². The summed E-state index contributed by atoms with van der Waals surface area (Å²) < 4.78 is 31.3. The van der Waals surface area contributed by atoms with E-state index in [2.05, 4.69) is 10.1 Å². The van der Waals surface area contributed by atoms with Gasteiger partial charge in [0, 0.05) is 12.8 Å². The number of ether oxygens (including phenoxy) is 1. The number of anilines is 1. The van der Waals surface area contributed by atoms with E-state index in [4.69, 9.17) is 23.2 Å². The average Bonchev–Trinajstić information content (AvgIpc) is 2.57. The van der Waals surface area contributed by atoms with Crippen molar-refractivity contribution in [3.63, 3.8) is 0 Å². The third kappa shape index (κ3) is 4.95. The Kier molecular flexibility index (Phi) is 6.60. The third-order valence-electron chi connectivity index (χ3n) is 3.15. The lowest BCUT2D eigenvalue weighted by molar-refractivity contribution is -0.119. The minimum absolute atomic E-state index is 0.0435. The molecule has 0 fully saturated rings. The fourth-order valence-corrected chi connectivity index (χ4v) is 3.31. The summed E-state index contributed by atoms with van der Waals surface area (Å²) in [5.74, 6) is -1.29. The number of methoxy groups -OCH3 is 1. The van der Waals surface area contributed by atoms with Gasteiger partial charge in [0.05, 0.1) is 20.5 Å². The number of nitrogens with one attached hydrogen (secondary N) is 2. The molecule has 0 spiro atoms. The highest BCUT2D eigenvalue weighted by molar-refractivity contribution is 7.90. The second-order valence-electron chi connectivity index (χ2n) is 5.04. The molecule has 2 amide bonds. The Morgan fingerprint density at radius 1 is 1.08 bits per heavy atom. The Balaban J connectivity index is 2.16. The molecule has 0 saturated heterocycles. The van der Waals surface area contributed by atoms with E-state index in [0.717, 1.165) is 0 Å². The lowest BCUT2D eigenvalue weighted by atomic mass is 10.2. The Morgan fingerprint density at radius 2 is 1.73 bits per heavy atom. The highest BCUT2D eigenvalue weighted by atomic mass is 35.5. The molecule has 2 aromatic carbocycles. The summed E-state index contributed by atoms with van der Waals surface area (Å²) in [6.07, 6.45) is 0. The molecular weight excluding hydrogens is 403 g/mol. The highest BCUT2D eigenvalue weighted by Crippen LogP contribution is 2.25. The summed E-state index contributed by atoms with van der Waals surface area (Å²) >= 11 is 11.7. The van der Waals surface area contributed by atoms with Gasteiger partial charge in [0.2, 0.25) is 5.91 Å². The normalized spacial score (nSPS) is 11.0. The van der Waals surface area contributed by atoms with E-state index in [0.29, 0.717) is 5.69 Å². The van der Waals surface area contributed by atoms with Crippen molar-refractivity contribution in [2.75, 3.05) is 19.0 Å². The molecule has 0 heterocycles. The maximum atomic E-state index is 12.3. The molecule has 0 aromatic heterocycles. The van der Waals surface area contributed by atoms with Crippen molar-refractivity contribution in [1.29, 1.82) is 0 Å². The summed E-state index contributed by atoms with van der Waals surface area (Å²) in [4.78, 5) is 23.4. The second kappa shape index (κ2) is 8.50. The van der Waals surface area contributed by atoms with Gasteiger partial charge in [-0.05, 0) is 36.4 Å². The van der Waals surface area contributed by atoms with Crippen molar-refractivity contribution >= 4 is 50.7 Å². The molecule has 0 aliphatic rings. The van der Waals surface area contributed by atoms with Crippen LogP contribution < -0.4 is 10.0 Å². The van der Waals surface area contributed by atoms with Gasteiger partial charge in [-0.3, -0.25) is 9.59 Å². The summed E-state index contributed by atoms with van der Waals surface area (Å²) in [6.45, 7) is -0.128. The van der Waals surface area contributed by atoms with Gasteiger partial charge in [-0.15, -0.1) is 0 Å². The zero-order valence-corrected chi connectivity index (χ0v) is 15.8. The Hall–Kier alpha value is -2.13. The molecule has 0 saturated carbocycles. The number of hydrogen-bond acceptors (Lipinski definition) is 5. The van der Waals surface area contributed by atoms with E-state index in [-0.39, 0.29) is 33.0 Å². The molecule has 138 valence electrons. The van der Waals surface area contributed by atoms with Crippen molar-refractivity contribution in [3.05, 3.63) is 58.1 Å². The first-order chi connectivity index (χ1) is 12.2. The maximum absolute atomic E-state index is 12.3. The van der Waals surface area contributed by atoms with Crippen molar-refractivity contribution < 1.29 is 22.7 Å². The predicted octanol–water partition coefficient (Wildman–Crippen LogP) is 2.70. The Bertz CT molecular complexity index is 930. The summed E-state index contributed by atoms with van der Waals surface area (Å²) in [5.41, 5.74) is 0.321. The topological polar surface area (TPSA) is 102 Å². The standard InChI is InChI=1S/C16H14Cl2N2O5S/c1-25-9-14(21)19-10-5-7-11(8-6-10)26(23,24)20-16(22)12-3-2-4-13(17)15(12)18/h2-8H,9H2,1H3,(H,19,21)(H,20,22). The number of amides is 2. The van der Waals surface area contributed by atoms with Gasteiger partial charge >= 0.3 is 0 Å². The zero-order chi connectivity index (χ0) is 19.3. The highest BCUT2D eigenvalue weighted by Gasteiger charge is 2.21. The number of benzene rings is 2. The van der Waals surface area contributed by atoms with Crippen LogP contribution in [-0.2, 0) is 19.6 Å². The molecule has 0 bridgehead atoms. The molecule has 10 heteroatoms. The number of sulfonamides is 1. The number of hydrogen-bond donors (Lipinski definition) is 2. The minimum Gasteiger partial charge on any atom is -0.375 e. The maximum Gasteiger partial charge on any atom is 0.266 e. The molecule has 0 aliphatic carbocycles. The number of carbonyl (C=O) groups excluding carboxylic acids is 2. The first kappa shape index (κ1) is 20.2. The Morgan fingerprint density at radius 3 is 2.35 bits per heavy atom. The van der Waals surface area contributed by atoms with Crippen LogP contribution in [0, 0.1) is 0 Å². The van der Waals surface area contributed by atoms with Crippen molar-refractivity contribution in [3.8, 4) is 0 Å². The summed E-state index contributed by atoms with van der Waals surface area (Å²) in [6, 6.07) is 9.58. The predicted molar refractivity (Wildman–Crippen MR) is 98.1 cm³/mol. The molecule has 0 unspecified atom stereocenters. The number of carbonyl (C=O) groups is 2. The quantitative estimate of drug-likeness (QED) is 0.753. The molecule has 26 heavy (non-hydrogen) atoms. The molecule has 2 N–H and O–H groups in total. The van der Waals surface area contributed by atoms with Crippen LogP contribution in [0.2, 0.25) is 10.0 Å². The van der Waals surface area contributed by atoms with E-state index in [1.165, 1.54) is 49.6 Å². The summed E-state index contributed by atoms with van der Waals surface area (Å²) in [5, 5.41) is 2.61. The molecule has 2 aromatic rings. The van der Waals surface area contributed by atoms with Crippen LogP contribution >= 0.6 is 23.2 Å². The molecular formula is C16H14Cl2N2O5S. The fourth-order valence-electron chi connectivity index (χ4n) is 1.96. The lowest BCUT2D eigenvalue weighted by Gasteiger charge is -2.10. The van der Waals surface area contributed by atoms with Gasteiger partial charge < -0.3 is 10.1 Å². The van der Waals surface area contributed by atoms with Crippen LogP contribution in [0.15, 0.2) is 47.4 Å². The van der Waals surface area contributed by atoms with E-state index in [9.17, 15) is 18.0 Å². The van der Waals surface area contributed by atoms with Crippen LogP contribution in [0.1, 0.15) is 10.4 Å². The van der Waals surface area contributed by atoms with Crippen LogP contribution in [0.5, 0.6) is 0 Å². The smallest absolute Gasteiger partial charge is 0.266 e. The second-order valence-corrected chi connectivity index (χ2v) is 7.51. The van der Waals surface area contributed by atoms with Crippen molar-refractivity contribution in [2.24, 2.45) is 0 Å². The first-order valence-corrected chi connectivity index (χ1v) is 9.38. The van der Waals surface area contributed by atoms with Gasteiger partial charge in [-0.1, -0.05) is 29.3 Å². The minimum atomic E-state index is -4.13.